The number of hydrogen-bond acceptors (Lipinski definition) is 4. The lowest BCUT2D eigenvalue weighted by molar-refractivity contribution is -0.00187. The lowest BCUT2D eigenvalue weighted by atomic mass is 10.3. The third kappa shape index (κ3) is 8.04. The number of nitrogens with zero attached hydrogens (tertiary/aromatic N) is 1. The van der Waals surface area contributed by atoms with Crippen LogP contribution in [0.25, 0.3) is 0 Å². The fourth-order valence-electron chi connectivity index (χ4n) is 2.32. The average molecular weight is 292 g/mol. The first kappa shape index (κ1) is 19.1. The van der Waals surface area contributed by atoms with Gasteiger partial charge in [0.2, 0.25) is 0 Å². The van der Waals surface area contributed by atoms with Crippen molar-refractivity contribution in [3.8, 4) is 0 Å². The maximum absolute atomic E-state index is 9.17. The molecule has 0 saturated carbocycles. The molecule has 19 heavy (non-hydrogen) atoms. The fourth-order valence-corrected chi connectivity index (χ4v) is 5.04. The van der Waals surface area contributed by atoms with Gasteiger partial charge in [0.15, 0.2) is 0 Å². The van der Waals surface area contributed by atoms with E-state index in [0.717, 1.165) is 31.9 Å². The van der Waals surface area contributed by atoms with Gasteiger partial charge in [-0.2, -0.15) is 0 Å². The summed E-state index contributed by atoms with van der Waals surface area (Å²) in [5, 5.41) is 9.17. The minimum atomic E-state index is -2.07. The van der Waals surface area contributed by atoms with Crippen molar-refractivity contribution in [1.82, 2.24) is 4.90 Å². The van der Waals surface area contributed by atoms with Crippen molar-refractivity contribution in [3.05, 3.63) is 0 Å². The standard InChI is InChI=1S/C14H33NO3Si/c1-6-9-10-15(11-12-16)14(4)18-19(5,13-7-2)17-8-3/h14,16H,6-13H2,1-5H3. The Hall–Kier alpha value is 0.0569. The minimum absolute atomic E-state index is 0.0217. The summed E-state index contributed by atoms with van der Waals surface area (Å²) in [6, 6.07) is 1.02. The van der Waals surface area contributed by atoms with Crippen LogP contribution in [0.3, 0.4) is 0 Å². The van der Waals surface area contributed by atoms with E-state index in [1.807, 2.05) is 6.92 Å². The number of aliphatic hydroxyl groups excluding tert-OH is 1. The van der Waals surface area contributed by atoms with Gasteiger partial charge in [0.1, 0.15) is 0 Å². The number of hydrogen-bond donors (Lipinski definition) is 1. The van der Waals surface area contributed by atoms with Gasteiger partial charge < -0.3 is 14.0 Å². The topological polar surface area (TPSA) is 41.9 Å². The molecule has 0 amide bonds. The second-order valence-electron chi connectivity index (χ2n) is 5.15. The lowest BCUT2D eigenvalue weighted by Gasteiger charge is -2.35. The predicted molar refractivity (Wildman–Crippen MR) is 82.5 cm³/mol. The van der Waals surface area contributed by atoms with E-state index in [1.54, 1.807) is 0 Å². The molecular formula is C14H33NO3Si. The molecule has 2 unspecified atom stereocenters. The Balaban J connectivity index is 4.50. The van der Waals surface area contributed by atoms with Crippen molar-refractivity contribution in [2.75, 3.05) is 26.3 Å². The minimum Gasteiger partial charge on any atom is -0.395 e. The van der Waals surface area contributed by atoms with Crippen LogP contribution in [0.2, 0.25) is 12.6 Å². The summed E-state index contributed by atoms with van der Waals surface area (Å²) in [4.78, 5) is 2.21. The van der Waals surface area contributed by atoms with Gasteiger partial charge in [-0.25, -0.2) is 0 Å². The maximum atomic E-state index is 9.17. The molecule has 0 aromatic rings. The molecule has 0 aliphatic carbocycles. The number of unbranched alkanes of at least 4 members (excludes halogenated alkanes) is 1. The van der Waals surface area contributed by atoms with E-state index in [-0.39, 0.29) is 12.8 Å². The smallest absolute Gasteiger partial charge is 0.336 e. The quantitative estimate of drug-likeness (QED) is 0.443. The van der Waals surface area contributed by atoms with Gasteiger partial charge in [-0.05, 0) is 32.9 Å². The van der Waals surface area contributed by atoms with Gasteiger partial charge in [-0.1, -0.05) is 26.7 Å². The summed E-state index contributed by atoms with van der Waals surface area (Å²) in [6.07, 6.45) is 3.40. The van der Waals surface area contributed by atoms with Crippen molar-refractivity contribution in [3.63, 3.8) is 0 Å². The van der Waals surface area contributed by atoms with E-state index >= 15 is 0 Å². The first-order valence-electron chi connectivity index (χ1n) is 7.69. The van der Waals surface area contributed by atoms with Gasteiger partial charge in [0.05, 0.1) is 12.8 Å². The van der Waals surface area contributed by atoms with Crippen LogP contribution >= 0.6 is 0 Å². The van der Waals surface area contributed by atoms with Crippen molar-refractivity contribution >= 4 is 8.56 Å². The van der Waals surface area contributed by atoms with Gasteiger partial charge in [0, 0.05) is 19.7 Å². The molecule has 116 valence electrons. The summed E-state index contributed by atoms with van der Waals surface area (Å²) in [6.45, 7) is 13.1. The SMILES string of the molecule is CCCCN(CCO)C(C)O[Si](C)(CCC)OCC. The zero-order valence-corrected chi connectivity index (χ0v) is 14.4. The molecule has 0 bridgehead atoms. The van der Waals surface area contributed by atoms with E-state index in [2.05, 4.69) is 32.2 Å². The largest absolute Gasteiger partial charge is 0.395 e. The summed E-state index contributed by atoms with van der Waals surface area (Å²) in [5.41, 5.74) is 0. The van der Waals surface area contributed by atoms with Crippen molar-refractivity contribution < 1.29 is 14.0 Å². The van der Waals surface area contributed by atoms with Crippen LogP contribution in [0.15, 0.2) is 0 Å². The summed E-state index contributed by atoms with van der Waals surface area (Å²) in [7, 11) is -2.07. The maximum Gasteiger partial charge on any atom is 0.336 e. The highest BCUT2D eigenvalue weighted by Crippen LogP contribution is 2.19. The summed E-state index contributed by atoms with van der Waals surface area (Å²) >= 11 is 0. The highest BCUT2D eigenvalue weighted by Gasteiger charge is 2.33. The highest BCUT2D eigenvalue weighted by atomic mass is 28.4. The van der Waals surface area contributed by atoms with Gasteiger partial charge in [-0.3, -0.25) is 4.90 Å². The molecular weight excluding hydrogens is 258 g/mol. The van der Waals surface area contributed by atoms with Gasteiger partial charge >= 0.3 is 8.56 Å². The van der Waals surface area contributed by atoms with Crippen LogP contribution in [-0.2, 0) is 8.85 Å². The number of rotatable bonds is 12. The van der Waals surface area contributed by atoms with E-state index in [9.17, 15) is 5.11 Å². The van der Waals surface area contributed by atoms with Crippen LogP contribution < -0.4 is 0 Å². The second-order valence-corrected chi connectivity index (χ2v) is 8.44. The Labute approximate surface area is 120 Å². The van der Waals surface area contributed by atoms with Gasteiger partial charge in [-0.15, -0.1) is 0 Å². The molecule has 4 nitrogen and oxygen atoms in total. The third-order valence-electron chi connectivity index (χ3n) is 3.27. The van der Waals surface area contributed by atoms with E-state index in [0.29, 0.717) is 13.2 Å². The molecule has 0 rings (SSSR count). The normalized spacial score (nSPS) is 16.6. The molecule has 2 atom stereocenters. The molecule has 0 saturated heterocycles. The van der Waals surface area contributed by atoms with Crippen molar-refractivity contribution in [2.45, 2.75) is 65.8 Å². The van der Waals surface area contributed by atoms with Crippen LogP contribution in [0.4, 0.5) is 0 Å². The van der Waals surface area contributed by atoms with E-state index in [4.69, 9.17) is 8.85 Å². The summed E-state index contributed by atoms with van der Waals surface area (Å²) in [5.74, 6) is 0. The molecule has 0 fully saturated rings. The molecule has 0 aliphatic heterocycles. The van der Waals surface area contributed by atoms with E-state index < -0.39 is 8.56 Å². The second kappa shape index (κ2) is 10.8. The Kier molecular flexibility index (Phi) is 10.8. The number of aliphatic hydroxyl groups is 1. The summed E-state index contributed by atoms with van der Waals surface area (Å²) < 4.78 is 12.2. The molecule has 0 spiro atoms. The van der Waals surface area contributed by atoms with Crippen molar-refractivity contribution in [2.24, 2.45) is 0 Å². The van der Waals surface area contributed by atoms with Gasteiger partial charge in [0.25, 0.3) is 0 Å². The molecule has 0 aromatic heterocycles. The molecule has 0 aliphatic rings. The predicted octanol–water partition coefficient (Wildman–Crippen LogP) is 2.96. The van der Waals surface area contributed by atoms with Crippen LogP contribution in [0.5, 0.6) is 0 Å². The monoisotopic (exact) mass is 291 g/mol. The van der Waals surface area contributed by atoms with Crippen LogP contribution in [0, 0.1) is 0 Å². The van der Waals surface area contributed by atoms with Crippen LogP contribution in [0.1, 0.15) is 47.0 Å². The van der Waals surface area contributed by atoms with Crippen LogP contribution in [-0.4, -0.2) is 51.1 Å². The van der Waals surface area contributed by atoms with E-state index in [1.165, 1.54) is 0 Å². The Bertz CT molecular complexity index is 211. The molecule has 0 aromatic carbocycles. The Morgan fingerprint density at radius 3 is 2.32 bits per heavy atom. The zero-order chi connectivity index (χ0) is 14.7. The highest BCUT2D eigenvalue weighted by molar-refractivity contribution is 6.66. The average Bonchev–Trinajstić information content (AvgIpc) is 2.34. The third-order valence-corrected chi connectivity index (χ3v) is 6.42. The molecule has 0 radical (unpaired) electrons. The fraction of sp³-hybridized carbons (Fsp3) is 1.00. The Morgan fingerprint density at radius 1 is 1.16 bits per heavy atom. The van der Waals surface area contributed by atoms with Crippen molar-refractivity contribution in [1.29, 1.82) is 0 Å². The molecule has 0 heterocycles. The molecule has 1 N–H and O–H groups in total. The zero-order valence-electron chi connectivity index (χ0n) is 13.4. The first-order valence-corrected chi connectivity index (χ1v) is 10.2. The first-order chi connectivity index (χ1) is 9.02. The Morgan fingerprint density at radius 2 is 1.84 bits per heavy atom. The lowest BCUT2D eigenvalue weighted by Crippen LogP contribution is -2.48. The molecule has 5 heteroatoms.